The molecule has 1 saturated heterocycles. The molecule has 0 spiro atoms. The standard InChI is InChI=1S/C17H14F3N3O5S/c18-12-5-6-14(16(20)15(12)19)29(27,28)22-9-7-21(8-10-22)17(24)11-3-1-2-4-13(11)23(25)26/h1-6H,7-10H2. The number of hydrogen-bond acceptors (Lipinski definition) is 5. The van der Waals surface area contributed by atoms with Crippen LogP contribution in [0.25, 0.3) is 0 Å². The van der Waals surface area contributed by atoms with Crippen LogP contribution in [-0.2, 0) is 10.0 Å². The summed E-state index contributed by atoms with van der Waals surface area (Å²) in [6.07, 6.45) is 0. The SMILES string of the molecule is O=C(c1ccccc1[N+](=O)[O-])N1CCN(S(=O)(=O)c2ccc(F)c(F)c2F)CC1. The number of amides is 1. The highest BCUT2D eigenvalue weighted by atomic mass is 32.2. The number of piperazine rings is 1. The molecule has 1 aliphatic rings. The number of hydrogen-bond donors (Lipinski definition) is 0. The lowest BCUT2D eigenvalue weighted by molar-refractivity contribution is -0.385. The van der Waals surface area contributed by atoms with Crippen LogP contribution in [-0.4, -0.2) is 54.6 Å². The van der Waals surface area contributed by atoms with Gasteiger partial charge in [-0.2, -0.15) is 4.31 Å². The summed E-state index contributed by atoms with van der Waals surface area (Å²) in [5, 5.41) is 11.1. The van der Waals surface area contributed by atoms with Gasteiger partial charge >= 0.3 is 0 Å². The Morgan fingerprint density at radius 2 is 1.59 bits per heavy atom. The lowest BCUT2D eigenvalue weighted by Gasteiger charge is -2.34. The molecule has 12 heteroatoms. The third kappa shape index (κ3) is 3.80. The van der Waals surface area contributed by atoms with E-state index >= 15 is 0 Å². The van der Waals surface area contributed by atoms with Crippen LogP contribution in [0.4, 0.5) is 18.9 Å². The number of nitro benzene ring substituents is 1. The second kappa shape index (κ2) is 7.79. The van der Waals surface area contributed by atoms with E-state index in [2.05, 4.69) is 0 Å². The first-order valence-electron chi connectivity index (χ1n) is 8.31. The topological polar surface area (TPSA) is 101 Å². The molecular formula is C17H14F3N3O5S. The minimum atomic E-state index is -4.46. The van der Waals surface area contributed by atoms with Crippen LogP contribution in [0.2, 0.25) is 0 Å². The van der Waals surface area contributed by atoms with Crippen molar-refractivity contribution in [2.45, 2.75) is 4.90 Å². The van der Waals surface area contributed by atoms with Gasteiger partial charge in [-0.3, -0.25) is 14.9 Å². The number of benzene rings is 2. The van der Waals surface area contributed by atoms with Crippen molar-refractivity contribution in [3.05, 3.63) is 69.5 Å². The van der Waals surface area contributed by atoms with Gasteiger partial charge in [-0.05, 0) is 18.2 Å². The van der Waals surface area contributed by atoms with Gasteiger partial charge in [0, 0.05) is 32.2 Å². The minimum Gasteiger partial charge on any atom is -0.336 e. The Balaban J connectivity index is 1.78. The highest BCUT2D eigenvalue weighted by Crippen LogP contribution is 2.25. The van der Waals surface area contributed by atoms with Gasteiger partial charge in [-0.1, -0.05) is 12.1 Å². The molecule has 0 aliphatic carbocycles. The summed E-state index contributed by atoms with van der Waals surface area (Å²) in [5.41, 5.74) is -0.517. The maximum atomic E-state index is 13.9. The summed E-state index contributed by atoms with van der Waals surface area (Å²) in [5.74, 6) is -5.87. The fraction of sp³-hybridized carbons (Fsp3) is 0.235. The zero-order chi connectivity index (χ0) is 21.3. The van der Waals surface area contributed by atoms with Crippen LogP contribution in [0.5, 0.6) is 0 Å². The number of halogens is 3. The molecule has 1 aliphatic heterocycles. The van der Waals surface area contributed by atoms with Crippen molar-refractivity contribution in [2.24, 2.45) is 0 Å². The van der Waals surface area contributed by atoms with Crippen molar-refractivity contribution in [1.82, 2.24) is 9.21 Å². The molecule has 0 atom stereocenters. The first kappa shape index (κ1) is 20.7. The van der Waals surface area contributed by atoms with Gasteiger partial charge in [0.1, 0.15) is 10.5 Å². The lowest BCUT2D eigenvalue weighted by Crippen LogP contribution is -2.50. The Morgan fingerprint density at radius 3 is 2.21 bits per heavy atom. The average molecular weight is 429 g/mol. The molecule has 29 heavy (non-hydrogen) atoms. The van der Waals surface area contributed by atoms with Gasteiger partial charge in [0.15, 0.2) is 17.5 Å². The Kier molecular flexibility index (Phi) is 5.57. The fourth-order valence-corrected chi connectivity index (χ4v) is 4.44. The summed E-state index contributed by atoms with van der Waals surface area (Å²) >= 11 is 0. The highest BCUT2D eigenvalue weighted by molar-refractivity contribution is 7.89. The van der Waals surface area contributed by atoms with Crippen LogP contribution in [0.1, 0.15) is 10.4 Å². The van der Waals surface area contributed by atoms with Crippen LogP contribution < -0.4 is 0 Å². The van der Waals surface area contributed by atoms with Crippen LogP contribution in [0, 0.1) is 27.6 Å². The fourth-order valence-electron chi connectivity index (χ4n) is 2.96. The van der Waals surface area contributed by atoms with Crippen molar-refractivity contribution < 1.29 is 31.3 Å². The summed E-state index contributed by atoms with van der Waals surface area (Å²) in [6, 6.07) is 6.50. The van der Waals surface area contributed by atoms with E-state index in [1.54, 1.807) is 0 Å². The lowest BCUT2D eigenvalue weighted by atomic mass is 10.1. The maximum absolute atomic E-state index is 13.9. The van der Waals surface area contributed by atoms with Crippen LogP contribution >= 0.6 is 0 Å². The molecule has 0 saturated carbocycles. The first-order valence-corrected chi connectivity index (χ1v) is 9.75. The van der Waals surface area contributed by atoms with Crippen molar-refractivity contribution in [2.75, 3.05) is 26.2 Å². The van der Waals surface area contributed by atoms with E-state index in [0.717, 1.165) is 4.31 Å². The molecule has 154 valence electrons. The Bertz CT molecular complexity index is 1090. The predicted molar refractivity (Wildman–Crippen MR) is 94.1 cm³/mol. The van der Waals surface area contributed by atoms with E-state index in [1.807, 2.05) is 0 Å². The largest absolute Gasteiger partial charge is 0.336 e. The van der Waals surface area contributed by atoms with Crippen molar-refractivity contribution in [1.29, 1.82) is 0 Å². The molecule has 0 aromatic heterocycles. The van der Waals surface area contributed by atoms with Gasteiger partial charge in [-0.15, -0.1) is 0 Å². The molecular weight excluding hydrogens is 415 g/mol. The second-order valence-electron chi connectivity index (χ2n) is 6.14. The maximum Gasteiger partial charge on any atom is 0.282 e. The van der Waals surface area contributed by atoms with E-state index in [1.165, 1.54) is 29.2 Å². The van der Waals surface area contributed by atoms with E-state index in [-0.39, 0.29) is 37.4 Å². The quantitative estimate of drug-likeness (QED) is 0.421. The third-order valence-corrected chi connectivity index (χ3v) is 6.39. The summed E-state index contributed by atoms with van der Waals surface area (Å²) < 4.78 is 66.4. The van der Waals surface area contributed by atoms with Gasteiger partial charge in [0.25, 0.3) is 11.6 Å². The number of rotatable bonds is 4. The average Bonchev–Trinajstić information content (AvgIpc) is 2.71. The number of sulfonamides is 1. The van der Waals surface area contributed by atoms with E-state index < -0.39 is 43.2 Å². The van der Waals surface area contributed by atoms with E-state index in [9.17, 15) is 36.5 Å². The first-order chi connectivity index (χ1) is 13.6. The number of carbonyl (C=O) groups is 1. The number of nitro groups is 1. The Hall–Kier alpha value is -2.99. The summed E-state index contributed by atoms with van der Waals surface area (Å²) in [6.45, 7) is -0.717. The molecule has 1 fully saturated rings. The third-order valence-electron chi connectivity index (χ3n) is 4.47. The van der Waals surface area contributed by atoms with Crippen LogP contribution in [0.3, 0.4) is 0 Å². The molecule has 8 nitrogen and oxygen atoms in total. The minimum absolute atomic E-state index is 0.116. The zero-order valence-electron chi connectivity index (χ0n) is 14.7. The summed E-state index contributed by atoms with van der Waals surface area (Å²) in [4.78, 5) is 23.2. The van der Waals surface area contributed by atoms with Crippen molar-refractivity contribution in [3.63, 3.8) is 0 Å². The van der Waals surface area contributed by atoms with Crippen molar-refractivity contribution in [3.8, 4) is 0 Å². The van der Waals surface area contributed by atoms with E-state index in [0.29, 0.717) is 12.1 Å². The second-order valence-corrected chi connectivity index (χ2v) is 8.05. The summed E-state index contributed by atoms with van der Waals surface area (Å²) in [7, 11) is -4.46. The zero-order valence-corrected chi connectivity index (χ0v) is 15.5. The molecule has 3 rings (SSSR count). The van der Waals surface area contributed by atoms with Gasteiger partial charge < -0.3 is 4.90 Å². The molecule has 2 aromatic carbocycles. The molecule has 2 aromatic rings. The Morgan fingerprint density at radius 1 is 0.966 bits per heavy atom. The number of para-hydroxylation sites is 1. The number of carbonyl (C=O) groups excluding carboxylic acids is 1. The molecule has 1 amide bonds. The van der Waals surface area contributed by atoms with Crippen LogP contribution in [0.15, 0.2) is 41.3 Å². The molecule has 0 unspecified atom stereocenters. The molecule has 0 bridgehead atoms. The van der Waals surface area contributed by atoms with Gasteiger partial charge in [0.2, 0.25) is 10.0 Å². The molecule has 1 heterocycles. The predicted octanol–water partition coefficient (Wildman–Crippen LogP) is 2.16. The molecule has 0 radical (unpaired) electrons. The smallest absolute Gasteiger partial charge is 0.282 e. The molecule has 0 N–H and O–H groups in total. The normalized spacial score (nSPS) is 15.3. The van der Waals surface area contributed by atoms with Gasteiger partial charge in [0.05, 0.1) is 4.92 Å². The number of nitrogens with zero attached hydrogens (tertiary/aromatic N) is 3. The van der Waals surface area contributed by atoms with Gasteiger partial charge in [-0.25, -0.2) is 21.6 Å². The van der Waals surface area contributed by atoms with Crippen molar-refractivity contribution >= 4 is 21.6 Å². The highest BCUT2D eigenvalue weighted by Gasteiger charge is 2.34. The Labute approximate surface area is 163 Å². The monoisotopic (exact) mass is 429 g/mol. The van der Waals surface area contributed by atoms with E-state index in [4.69, 9.17) is 0 Å².